The van der Waals surface area contributed by atoms with E-state index in [0.717, 1.165) is 6.42 Å². The molecule has 1 aromatic heterocycles. The van der Waals surface area contributed by atoms with Gasteiger partial charge in [0.25, 0.3) is 11.5 Å². The molecular weight excluding hydrogens is 247 g/mol. The molecule has 0 aliphatic heterocycles. The molecule has 2 aromatic rings. The first-order valence-electron chi connectivity index (χ1n) is 6.12. The third-order valence-electron chi connectivity index (χ3n) is 2.97. The standard InChI is InChI=1S/C14H15FN2O2/c1-3-6-16-13(18)12-8-9-7-10(15)4-5-11(9)14(19)17(12)2/h4-5,7-8H,3,6H2,1-2H3,(H,16,18). The highest BCUT2D eigenvalue weighted by Crippen LogP contribution is 2.13. The minimum Gasteiger partial charge on any atom is -0.351 e. The normalized spacial score (nSPS) is 10.7. The van der Waals surface area contributed by atoms with Crippen molar-refractivity contribution in [2.45, 2.75) is 13.3 Å². The Morgan fingerprint density at radius 3 is 2.79 bits per heavy atom. The molecule has 1 heterocycles. The molecule has 0 unspecified atom stereocenters. The van der Waals surface area contributed by atoms with E-state index in [4.69, 9.17) is 0 Å². The van der Waals surface area contributed by atoms with Gasteiger partial charge in [-0.2, -0.15) is 0 Å². The van der Waals surface area contributed by atoms with Crippen LogP contribution in [0.1, 0.15) is 23.8 Å². The van der Waals surface area contributed by atoms with Crippen molar-refractivity contribution in [3.63, 3.8) is 0 Å². The fourth-order valence-electron chi connectivity index (χ4n) is 1.93. The van der Waals surface area contributed by atoms with Crippen molar-refractivity contribution < 1.29 is 9.18 Å². The zero-order chi connectivity index (χ0) is 14.0. The number of nitrogens with one attached hydrogen (secondary N) is 1. The number of carbonyl (C=O) groups excluding carboxylic acids is 1. The molecule has 0 saturated carbocycles. The van der Waals surface area contributed by atoms with Gasteiger partial charge >= 0.3 is 0 Å². The Kier molecular flexibility index (Phi) is 3.64. The molecule has 4 nitrogen and oxygen atoms in total. The van der Waals surface area contributed by atoms with Crippen molar-refractivity contribution in [3.05, 3.63) is 46.1 Å². The van der Waals surface area contributed by atoms with Gasteiger partial charge < -0.3 is 9.88 Å². The van der Waals surface area contributed by atoms with E-state index >= 15 is 0 Å². The number of benzene rings is 1. The van der Waals surface area contributed by atoms with Gasteiger partial charge in [-0.05, 0) is 36.1 Å². The highest BCUT2D eigenvalue weighted by Gasteiger charge is 2.13. The molecule has 0 bridgehead atoms. The number of hydrogen-bond donors (Lipinski definition) is 1. The fraction of sp³-hybridized carbons (Fsp3) is 0.286. The van der Waals surface area contributed by atoms with Gasteiger partial charge in [0.05, 0.1) is 0 Å². The summed E-state index contributed by atoms with van der Waals surface area (Å²) in [5.74, 6) is -0.756. The molecule has 1 N–H and O–H groups in total. The van der Waals surface area contributed by atoms with Gasteiger partial charge in [-0.3, -0.25) is 9.59 Å². The molecule has 5 heteroatoms. The van der Waals surface area contributed by atoms with E-state index in [1.54, 1.807) is 0 Å². The maximum absolute atomic E-state index is 13.2. The van der Waals surface area contributed by atoms with Gasteiger partial charge in [-0.25, -0.2) is 4.39 Å². The van der Waals surface area contributed by atoms with E-state index in [2.05, 4.69) is 5.32 Å². The Hall–Kier alpha value is -2.17. The minimum absolute atomic E-state index is 0.233. The highest BCUT2D eigenvalue weighted by atomic mass is 19.1. The van der Waals surface area contributed by atoms with Gasteiger partial charge in [0, 0.05) is 19.0 Å². The topological polar surface area (TPSA) is 51.1 Å². The molecule has 0 aliphatic carbocycles. The third kappa shape index (κ3) is 2.50. The molecule has 0 saturated heterocycles. The molecule has 0 aliphatic rings. The van der Waals surface area contributed by atoms with Crippen molar-refractivity contribution in [3.8, 4) is 0 Å². The van der Waals surface area contributed by atoms with Crippen LogP contribution in [0.4, 0.5) is 4.39 Å². The number of aromatic nitrogens is 1. The Balaban J connectivity index is 2.59. The third-order valence-corrected chi connectivity index (χ3v) is 2.97. The van der Waals surface area contributed by atoms with E-state index < -0.39 is 5.82 Å². The molecule has 0 spiro atoms. The molecule has 1 aromatic carbocycles. The first-order valence-corrected chi connectivity index (χ1v) is 6.12. The van der Waals surface area contributed by atoms with E-state index in [1.165, 1.54) is 35.9 Å². The summed E-state index contributed by atoms with van der Waals surface area (Å²) in [6, 6.07) is 5.46. The summed E-state index contributed by atoms with van der Waals surface area (Å²) in [7, 11) is 1.53. The van der Waals surface area contributed by atoms with Crippen LogP contribution in [0.25, 0.3) is 10.8 Å². The van der Waals surface area contributed by atoms with E-state index in [1.807, 2.05) is 6.92 Å². The first kappa shape index (κ1) is 13.3. The number of rotatable bonds is 3. The van der Waals surface area contributed by atoms with Gasteiger partial charge in [0.2, 0.25) is 0 Å². The van der Waals surface area contributed by atoms with Crippen molar-refractivity contribution in [2.24, 2.45) is 7.05 Å². The van der Waals surface area contributed by atoms with Gasteiger partial charge in [0.1, 0.15) is 11.5 Å². The van der Waals surface area contributed by atoms with Crippen LogP contribution in [0.3, 0.4) is 0 Å². The SMILES string of the molecule is CCCNC(=O)c1cc2cc(F)ccc2c(=O)n1C. The van der Waals surface area contributed by atoms with Crippen LogP contribution in [-0.2, 0) is 7.05 Å². The predicted molar refractivity (Wildman–Crippen MR) is 71.8 cm³/mol. The van der Waals surface area contributed by atoms with Crippen molar-refractivity contribution in [1.29, 1.82) is 0 Å². The second-order valence-electron chi connectivity index (χ2n) is 4.38. The molecular formula is C14H15FN2O2. The lowest BCUT2D eigenvalue weighted by Gasteiger charge is -2.10. The molecule has 0 atom stereocenters. The summed E-state index contributed by atoms with van der Waals surface area (Å²) in [6.07, 6.45) is 0.807. The predicted octanol–water partition coefficient (Wildman–Crippen LogP) is 1.82. The number of amides is 1. The maximum atomic E-state index is 13.2. The number of pyridine rings is 1. The highest BCUT2D eigenvalue weighted by molar-refractivity contribution is 5.96. The molecule has 19 heavy (non-hydrogen) atoms. The average molecular weight is 262 g/mol. The van der Waals surface area contributed by atoms with Gasteiger partial charge in [-0.15, -0.1) is 0 Å². The molecule has 0 radical (unpaired) electrons. The summed E-state index contributed by atoms with van der Waals surface area (Å²) >= 11 is 0. The lowest BCUT2D eigenvalue weighted by Crippen LogP contribution is -2.31. The quantitative estimate of drug-likeness (QED) is 0.917. The van der Waals surface area contributed by atoms with Crippen LogP contribution < -0.4 is 10.9 Å². The molecule has 2 rings (SSSR count). The maximum Gasteiger partial charge on any atom is 0.268 e. The number of carbonyl (C=O) groups is 1. The van der Waals surface area contributed by atoms with Crippen LogP contribution in [0.2, 0.25) is 0 Å². The fourth-order valence-corrected chi connectivity index (χ4v) is 1.93. The average Bonchev–Trinajstić information content (AvgIpc) is 2.39. The number of nitrogens with zero attached hydrogens (tertiary/aromatic N) is 1. The van der Waals surface area contributed by atoms with E-state index in [0.29, 0.717) is 17.3 Å². The summed E-state index contributed by atoms with van der Waals surface area (Å²) in [5, 5.41) is 3.54. The van der Waals surface area contributed by atoms with Crippen LogP contribution in [0, 0.1) is 5.82 Å². The van der Waals surface area contributed by atoms with Crippen molar-refractivity contribution in [1.82, 2.24) is 9.88 Å². The van der Waals surface area contributed by atoms with E-state index in [9.17, 15) is 14.0 Å². The number of hydrogen-bond acceptors (Lipinski definition) is 2. The first-order chi connectivity index (χ1) is 9.04. The summed E-state index contributed by atoms with van der Waals surface area (Å²) in [4.78, 5) is 24.0. The number of halogens is 1. The Labute approximate surface area is 109 Å². The molecule has 100 valence electrons. The lowest BCUT2D eigenvalue weighted by molar-refractivity contribution is 0.0944. The zero-order valence-electron chi connectivity index (χ0n) is 10.9. The van der Waals surface area contributed by atoms with Crippen LogP contribution in [0.15, 0.2) is 29.1 Å². The van der Waals surface area contributed by atoms with E-state index in [-0.39, 0.29) is 17.2 Å². The Morgan fingerprint density at radius 2 is 2.11 bits per heavy atom. The largest absolute Gasteiger partial charge is 0.351 e. The monoisotopic (exact) mass is 262 g/mol. The second-order valence-corrected chi connectivity index (χ2v) is 4.38. The molecule has 0 fully saturated rings. The summed E-state index contributed by atoms with van der Waals surface area (Å²) in [5.41, 5.74) is -0.0734. The Bertz CT molecular complexity index is 692. The second kappa shape index (κ2) is 5.22. The lowest BCUT2D eigenvalue weighted by atomic mass is 10.1. The van der Waals surface area contributed by atoms with Crippen molar-refractivity contribution in [2.75, 3.05) is 6.54 Å². The van der Waals surface area contributed by atoms with Crippen LogP contribution in [0.5, 0.6) is 0 Å². The molecule has 1 amide bonds. The smallest absolute Gasteiger partial charge is 0.268 e. The summed E-state index contributed by atoms with van der Waals surface area (Å²) in [6.45, 7) is 2.48. The Morgan fingerprint density at radius 1 is 1.37 bits per heavy atom. The van der Waals surface area contributed by atoms with Crippen molar-refractivity contribution >= 4 is 16.7 Å². The van der Waals surface area contributed by atoms with Gasteiger partial charge in [-0.1, -0.05) is 6.92 Å². The minimum atomic E-state index is -0.430. The summed E-state index contributed by atoms with van der Waals surface area (Å²) < 4.78 is 14.5. The number of fused-ring (bicyclic) bond motifs is 1. The van der Waals surface area contributed by atoms with Gasteiger partial charge in [0.15, 0.2) is 0 Å². The zero-order valence-corrected chi connectivity index (χ0v) is 10.9. The van der Waals surface area contributed by atoms with Crippen LogP contribution in [-0.4, -0.2) is 17.0 Å². The van der Waals surface area contributed by atoms with Crippen LogP contribution >= 0.6 is 0 Å².